The smallest absolute Gasteiger partial charge is 0.309 e. The first-order chi connectivity index (χ1) is 9.45. The maximum Gasteiger partial charge on any atom is 0.309 e. The third kappa shape index (κ3) is 3.40. The second kappa shape index (κ2) is 6.25. The molecule has 1 aliphatic carbocycles. The van der Waals surface area contributed by atoms with Crippen molar-refractivity contribution in [3.05, 3.63) is 34.1 Å². The minimum atomic E-state index is -0.740. The summed E-state index contributed by atoms with van der Waals surface area (Å²) >= 11 is 3.27. The Hall–Kier alpha value is -0.900. The first kappa shape index (κ1) is 15.5. The molecule has 2 unspecified atom stereocenters. The molecular formula is C16H20BrFO2. The summed E-state index contributed by atoms with van der Waals surface area (Å²) in [5.74, 6) is -0.592. The van der Waals surface area contributed by atoms with Gasteiger partial charge in [0.1, 0.15) is 5.82 Å². The van der Waals surface area contributed by atoms with Crippen LogP contribution in [0.25, 0.3) is 0 Å². The average Bonchev–Trinajstić information content (AvgIpc) is 2.37. The molecule has 20 heavy (non-hydrogen) atoms. The Kier molecular flexibility index (Phi) is 4.84. The molecule has 0 aliphatic heterocycles. The largest absolute Gasteiger partial charge is 0.481 e. The molecule has 0 saturated heterocycles. The zero-order valence-corrected chi connectivity index (χ0v) is 13.2. The molecule has 1 saturated carbocycles. The van der Waals surface area contributed by atoms with Crippen LogP contribution < -0.4 is 0 Å². The number of rotatable bonds is 4. The van der Waals surface area contributed by atoms with E-state index in [0.29, 0.717) is 29.7 Å². The minimum absolute atomic E-state index is 0.322. The van der Waals surface area contributed by atoms with Gasteiger partial charge in [-0.1, -0.05) is 42.1 Å². The number of hydrogen-bond donors (Lipinski definition) is 1. The highest BCUT2D eigenvalue weighted by atomic mass is 79.9. The van der Waals surface area contributed by atoms with Crippen LogP contribution in [-0.4, -0.2) is 11.1 Å². The van der Waals surface area contributed by atoms with Gasteiger partial charge in [-0.15, -0.1) is 0 Å². The maximum atomic E-state index is 13.5. The Morgan fingerprint density at radius 3 is 2.85 bits per heavy atom. The lowest BCUT2D eigenvalue weighted by Crippen LogP contribution is -2.38. The molecule has 2 rings (SSSR count). The van der Waals surface area contributed by atoms with Crippen LogP contribution >= 0.6 is 15.9 Å². The van der Waals surface area contributed by atoms with E-state index in [-0.39, 0.29) is 5.82 Å². The summed E-state index contributed by atoms with van der Waals surface area (Å²) in [6, 6.07) is 4.67. The normalized spacial score (nSPS) is 26.4. The zero-order chi connectivity index (χ0) is 14.8. The molecule has 0 radical (unpaired) electrons. The fourth-order valence-corrected chi connectivity index (χ4v) is 3.88. The first-order valence-electron chi connectivity index (χ1n) is 7.13. The van der Waals surface area contributed by atoms with E-state index in [1.54, 1.807) is 0 Å². The minimum Gasteiger partial charge on any atom is -0.481 e. The van der Waals surface area contributed by atoms with Crippen molar-refractivity contribution >= 4 is 21.9 Å². The van der Waals surface area contributed by atoms with Gasteiger partial charge in [0.2, 0.25) is 0 Å². The van der Waals surface area contributed by atoms with Gasteiger partial charge >= 0.3 is 5.97 Å². The van der Waals surface area contributed by atoms with Crippen LogP contribution in [0.2, 0.25) is 0 Å². The van der Waals surface area contributed by atoms with Crippen LogP contribution in [0.5, 0.6) is 0 Å². The van der Waals surface area contributed by atoms with Gasteiger partial charge in [-0.05, 0) is 48.9 Å². The molecule has 110 valence electrons. The predicted molar refractivity (Wildman–Crippen MR) is 80.1 cm³/mol. The fraction of sp³-hybridized carbons (Fsp3) is 0.562. The van der Waals surface area contributed by atoms with Crippen molar-refractivity contribution in [2.24, 2.45) is 11.3 Å². The van der Waals surface area contributed by atoms with Crippen molar-refractivity contribution in [1.29, 1.82) is 0 Å². The molecule has 0 bridgehead atoms. The number of carboxylic acid groups (broad SMARTS) is 1. The quantitative estimate of drug-likeness (QED) is 0.852. The average molecular weight is 343 g/mol. The number of carbonyl (C=O) groups is 1. The standard InChI is InChI=1S/C16H20BrFO2/c1-2-11-4-3-5-16(9-11,15(19)20)10-12-6-13(17)8-14(18)7-12/h6-8,11H,2-5,9-10H2,1H3,(H,19,20). The van der Waals surface area contributed by atoms with E-state index in [1.807, 2.05) is 6.07 Å². The van der Waals surface area contributed by atoms with Crippen LogP contribution in [0.4, 0.5) is 4.39 Å². The molecule has 2 nitrogen and oxygen atoms in total. The molecule has 4 heteroatoms. The Balaban J connectivity index is 2.27. The molecule has 1 aliphatic rings. The molecule has 1 N–H and O–H groups in total. The van der Waals surface area contributed by atoms with Crippen LogP contribution in [-0.2, 0) is 11.2 Å². The summed E-state index contributed by atoms with van der Waals surface area (Å²) in [7, 11) is 0. The van der Waals surface area contributed by atoms with E-state index in [9.17, 15) is 14.3 Å². The van der Waals surface area contributed by atoms with Gasteiger partial charge in [0.15, 0.2) is 0 Å². The third-order valence-corrected chi connectivity index (χ3v) is 4.90. The molecule has 0 spiro atoms. The molecule has 0 heterocycles. The lowest BCUT2D eigenvalue weighted by atomic mass is 9.66. The molecule has 2 atom stereocenters. The highest BCUT2D eigenvalue weighted by molar-refractivity contribution is 9.10. The summed E-state index contributed by atoms with van der Waals surface area (Å²) in [4.78, 5) is 11.8. The number of benzene rings is 1. The monoisotopic (exact) mass is 342 g/mol. The van der Waals surface area contributed by atoms with E-state index in [4.69, 9.17) is 0 Å². The number of halogens is 2. The van der Waals surface area contributed by atoms with Gasteiger partial charge in [-0.2, -0.15) is 0 Å². The van der Waals surface area contributed by atoms with E-state index >= 15 is 0 Å². The SMILES string of the molecule is CCC1CCCC(Cc2cc(F)cc(Br)c2)(C(=O)O)C1. The van der Waals surface area contributed by atoms with Gasteiger partial charge in [-0.25, -0.2) is 4.39 Å². The predicted octanol–water partition coefficient (Wildman–Crippen LogP) is 4.80. The van der Waals surface area contributed by atoms with Crippen molar-refractivity contribution in [2.75, 3.05) is 0 Å². The molecule has 1 aromatic carbocycles. The highest BCUT2D eigenvalue weighted by Crippen LogP contribution is 2.43. The lowest BCUT2D eigenvalue weighted by Gasteiger charge is -2.37. The number of hydrogen-bond acceptors (Lipinski definition) is 1. The fourth-order valence-electron chi connectivity index (χ4n) is 3.37. The second-order valence-electron chi connectivity index (χ2n) is 5.91. The third-order valence-electron chi connectivity index (χ3n) is 4.44. The van der Waals surface area contributed by atoms with Crippen molar-refractivity contribution in [2.45, 2.75) is 45.4 Å². The Bertz CT molecular complexity index is 483. The molecular weight excluding hydrogens is 323 g/mol. The van der Waals surface area contributed by atoms with Crippen LogP contribution in [0.1, 0.15) is 44.6 Å². The summed E-state index contributed by atoms with van der Waals surface area (Å²) in [6.07, 6.45) is 4.87. The maximum absolute atomic E-state index is 13.5. The summed E-state index contributed by atoms with van der Waals surface area (Å²) in [5.41, 5.74) is 0.0302. The summed E-state index contributed by atoms with van der Waals surface area (Å²) in [5, 5.41) is 9.70. The van der Waals surface area contributed by atoms with Gasteiger partial charge in [0.05, 0.1) is 5.41 Å². The van der Waals surface area contributed by atoms with Crippen LogP contribution in [0.3, 0.4) is 0 Å². The van der Waals surface area contributed by atoms with E-state index in [1.165, 1.54) is 12.1 Å². The molecule has 1 fully saturated rings. The zero-order valence-electron chi connectivity index (χ0n) is 11.7. The first-order valence-corrected chi connectivity index (χ1v) is 7.93. The van der Waals surface area contributed by atoms with Crippen molar-refractivity contribution in [3.8, 4) is 0 Å². The summed E-state index contributed by atoms with van der Waals surface area (Å²) in [6.45, 7) is 2.11. The van der Waals surface area contributed by atoms with Gasteiger partial charge in [-0.3, -0.25) is 4.79 Å². The van der Waals surface area contributed by atoms with E-state index < -0.39 is 11.4 Å². The Labute approximate surface area is 127 Å². The van der Waals surface area contributed by atoms with Crippen molar-refractivity contribution in [3.63, 3.8) is 0 Å². The van der Waals surface area contributed by atoms with E-state index in [2.05, 4.69) is 22.9 Å². The highest BCUT2D eigenvalue weighted by Gasteiger charge is 2.42. The molecule has 0 amide bonds. The van der Waals surface area contributed by atoms with Gasteiger partial charge < -0.3 is 5.11 Å². The number of aliphatic carboxylic acids is 1. The number of carboxylic acids is 1. The lowest BCUT2D eigenvalue weighted by molar-refractivity contribution is -0.152. The van der Waals surface area contributed by atoms with Crippen LogP contribution in [0.15, 0.2) is 22.7 Å². The Morgan fingerprint density at radius 2 is 2.25 bits per heavy atom. The van der Waals surface area contributed by atoms with E-state index in [0.717, 1.165) is 24.8 Å². The molecule has 1 aromatic rings. The summed E-state index contributed by atoms with van der Waals surface area (Å²) < 4.78 is 14.1. The Morgan fingerprint density at radius 1 is 1.50 bits per heavy atom. The van der Waals surface area contributed by atoms with Gasteiger partial charge in [0, 0.05) is 4.47 Å². The topological polar surface area (TPSA) is 37.3 Å². The van der Waals surface area contributed by atoms with Crippen molar-refractivity contribution < 1.29 is 14.3 Å². The molecule has 0 aromatic heterocycles. The van der Waals surface area contributed by atoms with Crippen molar-refractivity contribution in [1.82, 2.24) is 0 Å². The van der Waals surface area contributed by atoms with Gasteiger partial charge in [0.25, 0.3) is 0 Å². The van der Waals surface area contributed by atoms with Crippen LogP contribution in [0, 0.1) is 17.2 Å². The second-order valence-corrected chi connectivity index (χ2v) is 6.83.